The number of halogens is 3. The summed E-state index contributed by atoms with van der Waals surface area (Å²) in [6, 6.07) is 10.4. The molecule has 1 aromatic heterocycles. The second-order valence-electron chi connectivity index (χ2n) is 6.05. The Bertz CT molecular complexity index is 1070. The van der Waals surface area contributed by atoms with Gasteiger partial charge in [-0.25, -0.2) is 22.9 Å². The van der Waals surface area contributed by atoms with Crippen LogP contribution in [0.1, 0.15) is 23.2 Å². The number of anilines is 1. The molecule has 0 bridgehead atoms. The fraction of sp³-hybridized carbons (Fsp3) is 0.150. The van der Waals surface area contributed by atoms with E-state index in [2.05, 4.69) is 4.98 Å². The highest BCUT2D eigenvalue weighted by Gasteiger charge is 2.25. The molecule has 2 aromatic carbocycles. The van der Waals surface area contributed by atoms with Gasteiger partial charge in [0.25, 0.3) is 5.91 Å². The molecule has 150 valence electrons. The van der Waals surface area contributed by atoms with Gasteiger partial charge >= 0.3 is 5.97 Å². The van der Waals surface area contributed by atoms with Crippen LogP contribution in [0.25, 0.3) is 11.5 Å². The van der Waals surface area contributed by atoms with Crippen LogP contribution in [0, 0.1) is 24.4 Å². The van der Waals surface area contributed by atoms with Crippen LogP contribution in [-0.4, -0.2) is 23.0 Å². The molecule has 3 rings (SSSR count). The van der Waals surface area contributed by atoms with Gasteiger partial charge in [0.1, 0.15) is 5.76 Å². The number of esters is 1. The van der Waals surface area contributed by atoms with Crippen LogP contribution in [0.3, 0.4) is 0 Å². The molecule has 0 aliphatic carbocycles. The Kier molecular flexibility index (Phi) is 5.67. The van der Waals surface area contributed by atoms with Crippen molar-refractivity contribution in [2.24, 2.45) is 0 Å². The van der Waals surface area contributed by atoms with Crippen molar-refractivity contribution in [3.63, 3.8) is 0 Å². The topological polar surface area (TPSA) is 81.4 Å². The van der Waals surface area contributed by atoms with Gasteiger partial charge in [-0.2, -0.15) is 0 Å². The zero-order valence-electron chi connectivity index (χ0n) is 15.3. The molecule has 0 radical (unpaired) electrons. The molecule has 0 saturated carbocycles. The summed E-state index contributed by atoms with van der Waals surface area (Å²) in [6.07, 6.45) is -1.37. The predicted molar refractivity (Wildman–Crippen MR) is 96.5 cm³/mol. The molecule has 0 fully saturated rings. The van der Waals surface area contributed by atoms with Crippen molar-refractivity contribution in [1.29, 1.82) is 0 Å². The summed E-state index contributed by atoms with van der Waals surface area (Å²) in [4.78, 5) is 28.5. The van der Waals surface area contributed by atoms with Crippen LogP contribution in [0.4, 0.5) is 18.9 Å². The fourth-order valence-electron chi connectivity index (χ4n) is 2.42. The van der Waals surface area contributed by atoms with Gasteiger partial charge in [-0.05, 0) is 38.1 Å². The summed E-state index contributed by atoms with van der Waals surface area (Å²) in [5.74, 6) is -6.15. The minimum Gasteiger partial charge on any atom is -0.448 e. The van der Waals surface area contributed by atoms with Crippen molar-refractivity contribution in [2.45, 2.75) is 20.0 Å². The van der Waals surface area contributed by atoms with E-state index in [1.807, 2.05) is 11.4 Å². The number of rotatable bonds is 5. The SMILES string of the molecule is Cc1oc(-c2ccccc2)nc1C(=O)O[C@@H](C)C(=O)Nc1ccc(F)c(F)c1F. The second kappa shape index (κ2) is 8.17. The largest absolute Gasteiger partial charge is 0.448 e. The molecular formula is C20H15F3N2O4. The molecule has 6 nitrogen and oxygen atoms in total. The number of ether oxygens (including phenoxy) is 1. The maximum absolute atomic E-state index is 13.7. The number of benzene rings is 2. The van der Waals surface area contributed by atoms with Gasteiger partial charge in [0, 0.05) is 5.56 Å². The molecule has 3 aromatic rings. The van der Waals surface area contributed by atoms with Crippen molar-refractivity contribution >= 4 is 17.6 Å². The lowest BCUT2D eigenvalue weighted by Crippen LogP contribution is -2.30. The van der Waals surface area contributed by atoms with Gasteiger partial charge in [-0.3, -0.25) is 4.79 Å². The van der Waals surface area contributed by atoms with Gasteiger partial charge in [-0.1, -0.05) is 18.2 Å². The Labute approximate surface area is 163 Å². The van der Waals surface area contributed by atoms with Crippen molar-refractivity contribution in [3.05, 3.63) is 71.4 Å². The minimum absolute atomic E-state index is 0.123. The number of oxazole rings is 1. The first kappa shape index (κ1) is 20.1. The Hall–Kier alpha value is -3.62. The summed E-state index contributed by atoms with van der Waals surface area (Å²) < 4.78 is 50.4. The molecule has 1 atom stereocenters. The molecule has 0 aliphatic rings. The van der Waals surface area contributed by atoms with E-state index in [-0.39, 0.29) is 17.3 Å². The molecule has 0 aliphatic heterocycles. The van der Waals surface area contributed by atoms with Crippen LogP contribution >= 0.6 is 0 Å². The van der Waals surface area contributed by atoms with Crippen molar-refractivity contribution in [3.8, 4) is 11.5 Å². The van der Waals surface area contributed by atoms with Gasteiger partial charge < -0.3 is 14.5 Å². The van der Waals surface area contributed by atoms with Gasteiger partial charge in [0.05, 0.1) is 5.69 Å². The average molecular weight is 404 g/mol. The molecule has 1 amide bonds. The molecule has 9 heteroatoms. The Balaban J connectivity index is 1.70. The van der Waals surface area contributed by atoms with E-state index < -0.39 is 41.1 Å². The lowest BCUT2D eigenvalue weighted by atomic mass is 10.2. The van der Waals surface area contributed by atoms with Gasteiger partial charge in [0.15, 0.2) is 29.2 Å². The third kappa shape index (κ3) is 4.29. The average Bonchev–Trinajstić information content (AvgIpc) is 3.10. The number of hydrogen-bond donors (Lipinski definition) is 1. The highest BCUT2D eigenvalue weighted by molar-refractivity contribution is 5.97. The highest BCUT2D eigenvalue weighted by atomic mass is 19.2. The number of aryl methyl sites for hydroxylation is 1. The van der Waals surface area contributed by atoms with E-state index in [0.29, 0.717) is 11.6 Å². The highest BCUT2D eigenvalue weighted by Crippen LogP contribution is 2.23. The summed E-state index contributed by atoms with van der Waals surface area (Å²) in [5.41, 5.74) is -0.0578. The Morgan fingerprint density at radius 1 is 1.07 bits per heavy atom. The molecule has 0 saturated heterocycles. The van der Waals surface area contributed by atoms with E-state index in [9.17, 15) is 22.8 Å². The lowest BCUT2D eigenvalue weighted by molar-refractivity contribution is -0.123. The van der Waals surface area contributed by atoms with Crippen LogP contribution in [0.15, 0.2) is 46.9 Å². The van der Waals surface area contributed by atoms with Gasteiger partial charge in [-0.15, -0.1) is 0 Å². The number of carbonyl (C=O) groups is 2. The van der Waals surface area contributed by atoms with Gasteiger partial charge in [0.2, 0.25) is 5.89 Å². The lowest BCUT2D eigenvalue weighted by Gasteiger charge is -2.13. The molecule has 1 heterocycles. The Morgan fingerprint density at radius 2 is 1.76 bits per heavy atom. The Morgan fingerprint density at radius 3 is 2.45 bits per heavy atom. The normalized spacial score (nSPS) is 11.8. The van der Waals surface area contributed by atoms with Crippen LogP contribution < -0.4 is 5.32 Å². The first-order valence-corrected chi connectivity index (χ1v) is 8.46. The standard InChI is InChI=1S/C20H15F3N2O4/c1-10-17(25-19(28-10)12-6-4-3-5-7-12)20(27)29-11(2)18(26)24-14-9-8-13(21)15(22)16(14)23/h3-9,11H,1-2H3,(H,24,26)/t11-/m0/s1. The summed E-state index contributed by atoms with van der Waals surface area (Å²) >= 11 is 0. The number of aromatic nitrogens is 1. The van der Waals surface area contributed by atoms with E-state index >= 15 is 0 Å². The fourth-order valence-corrected chi connectivity index (χ4v) is 2.42. The number of nitrogens with one attached hydrogen (secondary N) is 1. The quantitative estimate of drug-likeness (QED) is 0.508. The number of amides is 1. The van der Waals surface area contributed by atoms with E-state index in [1.165, 1.54) is 13.8 Å². The van der Waals surface area contributed by atoms with E-state index in [0.717, 1.165) is 6.07 Å². The first-order valence-electron chi connectivity index (χ1n) is 8.46. The molecule has 29 heavy (non-hydrogen) atoms. The maximum atomic E-state index is 13.7. The first-order chi connectivity index (χ1) is 13.8. The number of carbonyl (C=O) groups excluding carboxylic acids is 2. The third-order valence-corrected chi connectivity index (χ3v) is 3.96. The molecule has 0 spiro atoms. The van der Waals surface area contributed by atoms with Crippen molar-refractivity contribution < 1.29 is 31.9 Å². The van der Waals surface area contributed by atoms with Crippen LogP contribution in [-0.2, 0) is 9.53 Å². The number of nitrogens with zero attached hydrogens (tertiary/aromatic N) is 1. The summed E-state index contributed by atoms with van der Waals surface area (Å²) in [5, 5.41) is 2.04. The summed E-state index contributed by atoms with van der Waals surface area (Å²) in [7, 11) is 0. The van der Waals surface area contributed by atoms with E-state index in [4.69, 9.17) is 9.15 Å². The monoisotopic (exact) mass is 404 g/mol. The number of hydrogen-bond acceptors (Lipinski definition) is 5. The maximum Gasteiger partial charge on any atom is 0.361 e. The van der Waals surface area contributed by atoms with Crippen LogP contribution in [0.5, 0.6) is 0 Å². The predicted octanol–water partition coefficient (Wildman–Crippen LogP) is 4.25. The van der Waals surface area contributed by atoms with Crippen molar-refractivity contribution in [2.75, 3.05) is 5.32 Å². The second-order valence-corrected chi connectivity index (χ2v) is 6.05. The smallest absolute Gasteiger partial charge is 0.361 e. The molecule has 0 unspecified atom stereocenters. The molecular weight excluding hydrogens is 389 g/mol. The van der Waals surface area contributed by atoms with E-state index in [1.54, 1.807) is 24.3 Å². The zero-order chi connectivity index (χ0) is 21.1. The third-order valence-electron chi connectivity index (χ3n) is 3.96. The minimum atomic E-state index is -1.72. The summed E-state index contributed by atoms with van der Waals surface area (Å²) in [6.45, 7) is 2.75. The molecule has 1 N–H and O–H groups in total. The zero-order valence-corrected chi connectivity index (χ0v) is 15.3. The van der Waals surface area contributed by atoms with Crippen molar-refractivity contribution in [1.82, 2.24) is 4.98 Å². The van der Waals surface area contributed by atoms with Crippen LogP contribution in [0.2, 0.25) is 0 Å².